The molecule has 0 bridgehead atoms. The van der Waals surface area contributed by atoms with Crippen molar-refractivity contribution in [2.24, 2.45) is 0 Å². The maximum absolute atomic E-state index is 13.1. The summed E-state index contributed by atoms with van der Waals surface area (Å²) in [5, 5.41) is 0. The predicted molar refractivity (Wildman–Crippen MR) is 73.0 cm³/mol. The number of rotatable bonds is 3. The van der Waals surface area contributed by atoms with Crippen molar-refractivity contribution in [3.05, 3.63) is 48.3 Å². The van der Waals surface area contributed by atoms with Gasteiger partial charge in [0.2, 0.25) is 0 Å². The van der Waals surface area contributed by atoms with Crippen LogP contribution in [-0.2, 0) is 0 Å². The first kappa shape index (κ1) is 13.0. The van der Waals surface area contributed by atoms with Crippen LogP contribution in [0.2, 0.25) is 0 Å². The molecule has 0 radical (unpaired) electrons. The molecule has 0 amide bonds. The highest BCUT2D eigenvalue weighted by Gasteiger charge is 2.21. The first-order chi connectivity index (χ1) is 9.72. The number of hydrogen-bond acceptors (Lipinski definition) is 2. The highest BCUT2D eigenvalue weighted by molar-refractivity contribution is 5.44. The molecule has 1 fully saturated rings. The van der Waals surface area contributed by atoms with Gasteiger partial charge in [0.15, 0.2) is 11.6 Å². The van der Waals surface area contributed by atoms with E-state index in [9.17, 15) is 8.78 Å². The normalized spacial score (nSPS) is 16.4. The number of H-pyrrole nitrogens is 1. The number of halogens is 2. The molecule has 3 rings (SSSR count). The predicted octanol–water partition coefficient (Wildman–Crippen LogP) is 3.34. The molecule has 1 aliphatic rings. The maximum Gasteiger partial charge on any atom is 0.162 e. The van der Waals surface area contributed by atoms with Gasteiger partial charge in [0, 0.05) is 44.4 Å². The molecule has 1 aromatic heterocycles. The molecule has 0 unspecified atom stereocenters. The summed E-state index contributed by atoms with van der Waals surface area (Å²) < 4.78 is 31.7. The van der Waals surface area contributed by atoms with E-state index in [0.717, 1.165) is 38.1 Å². The minimum absolute atomic E-state index is 0.0510. The minimum atomic E-state index is -0.868. The van der Waals surface area contributed by atoms with Gasteiger partial charge in [-0.3, -0.25) is 0 Å². The zero-order valence-electron chi connectivity index (χ0n) is 11.0. The lowest BCUT2D eigenvalue weighted by atomic mass is 10.1. The van der Waals surface area contributed by atoms with Crippen molar-refractivity contribution in [1.82, 2.24) is 4.98 Å². The van der Waals surface area contributed by atoms with Crippen molar-refractivity contribution in [1.29, 1.82) is 0 Å². The van der Waals surface area contributed by atoms with Crippen LogP contribution in [-0.4, -0.2) is 24.2 Å². The molecule has 106 valence electrons. The van der Waals surface area contributed by atoms with E-state index < -0.39 is 11.6 Å². The number of hydrogen-bond donors (Lipinski definition) is 1. The number of nitrogens with zero attached hydrogens (tertiary/aromatic N) is 1. The van der Waals surface area contributed by atoms with Crippen molar-refractivity contribution in [2.45, 2.75) is 18.9 Å². The van der Waals surface area contributed by atoms with Gasteiger partial charge in [0.1, 0.15) is 11.9 Å². The van der Waals surface area contributed by atoms with E-state index in [1.165, 1.54) is 11.8 Å². The Morgan fingerprint density at radius 3 is 2.55 bits per heavy atom. The zero-order chi connectivity index (χ0) is 13.9. The smallest absolute Gasteiger partial charge is 0.162 e. The third-order valence-electron chi connectivity index (χ3n) is 3.58. The van der Waals surface area contributed by atoms with Crippen LogP contribution in [0.3, 0.4) is 0 Å². The highest BCUT2D eigenvalue weighted by atomic mass is 19.2. The van der Waals surface area contributed by atoms with Gasteiger partial charge < -0.3 is 14.6 Å². The molecule has 5 heteroatoms. The van der Waals surface area contributed by atoms with E-state index in [0.29, 0.717) is 5.75 Å². The number of benzene rings is 1. The molecule has 1 aliphatic heterocycles. The summed E-state index contributed by atoms with van der Waals surface area (Å²) >= 11 is 0. The van der Waals surface area contributed by atoms with Gasteiger partial charge in [-0.15, -0.1) is 0 Å². The second-order valence-electron chi connectivity index (χ2n) is 4.95. The second-order valence-corrected chi connectivity index (χ2v) is 4.95. The molecule has 1 aromatic carbocycles. The van der Waals surface area contributed by atoms with E-state index >= 15 is 0 Å². The Kier molecular flexibility index (Phi) is 3.58. The fourth-order valence-corrected chi connectivity index (χ4v) is 2.49. The molecule has 1 saturated heterocycles. The lowest BCUT2D eigenvalue weighted by molar-refractivity contribution is 0.170. The van der Waals surface area contributed by atoms with Crippen LogP contribution in [0, 0.1) is 11.6 Å². The van der Waals surface area contributed by atoms with E-state index in [-0.39, 0.29) is 6.10 Å². The van der Waals surface area contributed by atoms with Gasteiger partial charge in [0.05, 0.1) is 5.69 Å². The summed E-state index contributed by atoms with van der Waals surface area (Å²) in [6.45, 7) is 1.79. The van der Waals surface area contributed by atoms with Crippen molar-refractivity contribution in [3.63, 3.8) is 0 Å². The van der Waals surface area contributed by atoms with Crippen LogP contribution in [0.1, 0.15) is 12.8 Å². The molecule has 20 heavy (non-hydrogen) atoms. The van der Waals surface area contributed by atoms with Crippen LogP contribution in [0.15, 0.2) is 36.7 Å². The van der Waals surface area contributed by atoms with Gasteiger partial charge in [-0.25, -0.2) is 8.78 Å². The monoisotopic (exact) mass is 278 g/mol. The van der Waals surface area contributed by atoms with Gasteiger partial charge in [-0.1, -0.05) is 0 Å². The maximum atomic E-state index is 13.1. The molecular formula is C15H16F2N2O. The quantitative estimate of drug-likeness (QED) is 0.932. The van der Waals surface area contributed by atoms with Gasteiger partial charge in [0.25, 0.3) is 0 Å². The molecule has 1 N–H and O–H groups in total. The number of aromatic nitrogens is 1. The average Bonchev–Trinajstić information content (AvgIpc) is 2.98. The van der Waals surface area contributed by atoms with Crippen LogP contribution in [0.25, 0.3) is 0 Å². The zero-order valence-corrected chi connectivity index (χ0v) is 11.0. The fraction of sp³-hybridized carbons (Fsp3) is 0.333. The first-order valence-electron chi connectivity index (χ1n) is 6.72. The van der Waals surface area contributed by atoms with Crippen LogP contribution < -0.4 is 9.64 Å². The molecule has 0 saturated carbocycles. The Morgan fingerprint density at radius 1 is 1.10 bits per heavy atom. The van der Waals surface area contributed by atoms with E-state index in [1.54, 1.807) is 0 Å². The van der Waals surface area contributed by atoms with Gasteiger partial charge >= 0.3 is 0 Å². The van der Waals surface area contributed by atoms with E-state index in [4.69, 9.17) is 4.74 Å². The fourth-order valence-electron chi connectivity index (χ4n) is 2.49. The van der Waals surface area contributed by atoms with E-state index in [2.05, 4.69) is 9.88 Å². The summed E-state index contributed by atoms with van der Waals surface area (Å²) in [4.78, 5) is 5.32. The lowest BCUT2D eigenvalue weighted by Crippen LogP contribution is -2.38. The number of anilines is 1. The Balaban J connectivity index is 1.57. The molecule has 0 aliphatic carbocycles. The van der Waals surface area contributed by atoms with Crippen LogP contribution in [0.4, 0.5) is 14.5 Å². The van der Waals surface area contributed by atoms with Crippen LogP contribution >= 0.6 is 0 Å². The Labute approximate surface area is 116 Å². The largest absolute Gasteiger partial charge is 0.490 e. The number of aromatic amines is 1. The third-order valence-corrected chi connectivity index (χ3v) is 3.58. The molecule has 0 atom stereocenters. The SMILES string of the molecule is Fc1ccc(OC2CCN(c3cc[nH]c3)CC2)cc1F. The summed E-state index contributed by atoms with van der Waals surface area (Å²) in [6, 6.07) is 5.71. The number of nitrogens with one attached hydrogen (secondary N) is 1. The topological polar surface area (TPSA) is 28.3 Å². The van der Waals surface area contributed by atoms with Gasteiger partial charge in [-0.2, -0.15) is 0 Å². The Hall–Kier alpha value is -2.04. The Bertz CT molecular complexity index is 563. The molecular weight excluding hydrogens is 262 g/mol. The van der Waals surface area contributed by atoms with Crippen molar-refractivity contribution in [2.75, 3.05) is 18.0 Å². The summed E-state index contributed by atoms with van der Waals surface area (Å²) in [5.41, 5.74) is 1.18. The second kappa shape index (κ2) is 5.53. The Morgan fingerprint density at radius 2 is 1.90 bits per heavy atom. The van der Waals surface area contributed by atoms with Crippen molar-refractivity contribution in [3.8, 4) is 5.75 Å². The van der Waals surface area contributed by atoms with Gasteiger partial charge in [-0.05, 0) is 18.2 Å². The van der Waals surface area contributed by atoms with Crippen molar-refractivity contribution >= 4 is 5.69 Å². The molecule has 0 spiro atoms. The summed E-state index contributed by atoms with van der Waals surface area (Å²) in [5.74, 6) is -1.32. The average molecular weight is 278 g/mol. The summed E-state index contributed by atoms with van der Waals surface area (Å²) in [7, 11) is 0. The molecule has 3 nitrogen and oxygen atoms in total. The highest BCUT2D eigenvalue weighted by Crippen LogP contribution is 2.23. The number of ether oxygens (including phenoxy) is 1. The lowest BCUT2D eigenvalue weighted by Gasteiger charge is -2.33. The third kappa shape index (κ3) is 2.76. The molecule has 2 heterocycles. The number of piperidine rings is 1. The van der Waals surface area contributed by atoms with E-state index in [1.807, 2.05) is 18.5 Å². The minimum Gasteiger partial charge on any atom is -0.490 e. The standard InChI is InChI=1S/C15H16F2N2O/c16-14-2-1-13(9-15(14)17)20-12-4-7-19(8-5-12)11-3-6-18-10-11/h1-3,6,9-10,12,18H,4-5,7-8H2. The first-order valence-corrected chi connectivity index (χ1v) is 6.72. The summed E-state index contributed by atoms with van der Waals surface area (Å²) in [6.07, 6.45) is 5.65. The van der Waals surface area contributed by atoms with Crippen LogP contribution in [0.5, 0.6) is 5.75 Å². The molecule has 2 aromatic rings. The van der Waals surface area contributed by atoms with Crippen molar-refractivity contribution < 1.29 is 13.5 Å².